The molecule has 0 bridgehead atoms. The van der Waals surface area contributed by atoms with Gasteiger partial charge in [-0.25, -0.2) is 9.18 Å². The third kappa shape index (κ3) is 3.53. The van der Waals surface area contributed by atoms with Gasteiger partial charge in [-0.2, -0.15) is 0 Å². The van der Waals surface area contributed by atoms with Crippen LogP contribution < -0.4 is 4.74 Å². The molecule has 0 spiro atoms. The van der Waals surface area contributed by atoms with Crippen molar-refractivity contribution in [3.05, 3.63) is 66.5 Å². The molecule has 0 radical (unpaired) electrons. The number of aliphatic hydroxyl groups is 1. The molecule has 0 aliphatic rings. The molecule has 134 valence electrons. The minimum atomic E-state index is -0.875. The number of fused-ring (bicyclic) bond motifs is 2. The second-order valence-electron chi connectivity index (χ2n) is 6.07. The minimum Gasteiger partial charge on any atom is -0.488 e. The molecule has 4 nitrogen and oxygen atoms in total. The monoisotopic (exact) mass is 354 g/mol. The van der Waals surface area contributed by atoms with Gasteiger partial charge in [-0.15, -0.1) is 0 Å². The highest BCUT2D eigenvalue weighted by Gasteiger charge is 2.18. The number of rotatable bonds is 6. The van der Waals surface area contributed by atoms with Crippen LogP contribution in [0.4, 0.5) is 4.39 Å². The SMILES string of the molecule is C=C(C)C(=O)OC(CO)COc1c2ccccc2cc2cccc(F)c12. The summed E-state index contributed by atoms with van der Waals surface area (Å²) < 4.78 is 25.4. The van der Waals surface area contributed by atoms with E-state index in [1.807, 2.05) is 36.4 Å². The highest BCUT2D eigenvalue weighted by atomic mass is 19.1. The van der Waals surface area contributed by atoms with E-state index in [1.54, 1.807) is 6.07 Å². The Hall–Kier alpha value is -2.92. The predicted octanol–water partition coefficient (Wildman–Crippen LogP) is 3.99. The molecule has 0 aliphatic carbocycles. The third-order valence-corrected chi connectivity index (χ3v) is 4.03. The van der Waals surface area contributed by atoms with Gasteiger partial charge in [-0.05, 0) is 29.8 Å². The third-order valence-electron chi connectivity index (χ3n) is 4.03. The fourth-order valence-electron chi connectivity index (χ4n) is 2.73. The Labute approximate surface area is 150 Å². The van der Waals surface area contributed by atoms with Crippen molar-refractivity contribution in [1.29, 1.82) is 0 Å². The largest absolute Gasteiger partial charge is 0.488 e. The van der Waals surface area contributed by atoms with Gasteiger partial charge in [0.2, 0.25) is 0 Å². The van der Waals surface area contributed by atoms with E-state index in [2.05, 4.69) is 6.58 Å². The molecule has 0 amide bonds. The summed E-state index contributed by atoms with van der Waals surface area (Å²) in [5.41, 5.74) is 0.227. The smallest absolute Gasteiger partial charge is 0.333 e. The lowest BCUT2D eigenvalue weighted by atomic mass is 10.0. The summed E-state index contributed by atoms with van der Waals surface area (Å²) in [5, 5.41) is 12.2. The zero-order valence-corrected chi connectivity index (χ0v) is 14.4. The molecule has 3 rings (SSSR count). The van der Waals surface area contributed by atoms with Crippen molar-refractivity contribution in [2.24, 2.45) is 0 Å². The van der Waals surface area contributed by atoms with Gasteiger partial charge in [0.05, 0.1) is 12.0 Å². The second-order valence-corrected chi connectivity index (χ2v) is 6.07. The summed E-state index contributed by atoms with van der Waals surface area (Å²) in [6, 6.07) is 14.2. The van der Waals surface area contributed by atoms with Crippen LogP contribution in [0.1, 0.15) is 6.92 Å². The molecule has 0 aromatic heterocycles. The molecule has 26 heavy (non-hydrogen) atoms. The summed E-state index contributed by atoms with van der Waals surface area (Å²) in [4.78, 5) is 11.7. The zero-order valence-electron chi connectivity index (χ0n) is 14.4. The van der Waals surface area contributed by atoms with Gasteiger partial charge in [0.1, 0.15) is 18.2 Å². The Morgan fingerprint density at radius 1 is 1.19 bits per heavy atom. The molecule has 0 saturated heterocycles. The van der Waals surface area contributed by atoms with Crippen molar-refractivity contribution in [2.45, 2.75) is 13.0 Å². The van der Waals surface area contributed by atoms with Crippen molar-refractivity contribution in [1.82, 2.24) is 0 Å². The number of hydrogen-bond donors (Lipinski definition) is 1. The summed E-state index contributed by atoms with van der Waals surface area (Å²) >= 11 is 0. The van der Waals surface area contributed by atoms with E-state index in [4.69, 9.17) is 9.47 Å². The number of hydrogen-bond acceptors (Lipinski definition) is 4. The zero-order chi connectivity index (χ0) is 18.7. The van der Waals surface area contributed by atoms with E-state index in [0.717, 1.165) is 10.8 Å². The molecule has 3 aromatic rings. The lowest BCUT2D eigenvalue weighted by molar-refractivity contribution is -0.147. The first-order chi connectivity index (χ1) is 12.5. The average Bonchev–Trinajstić information content (AvgIpc) is 2.64. The molecule has 1 N–H and O–H groups in total. The van der Waals surface area contributed by atoms with Crippen LogP contribution in [0.2, 0.25) is 0 Å². The van der Waals surface area contributed by atoms with E-state index in [0.29, 0.717) is 16.5 Å². The molecule has 0 aliphatic heterocycles. The number of carbonyl (C=O) groups excluding carboxylic acids is 1. The number of benzene rings is 3. The summed E-state index contributed by atoms with van der Waals surface area (Å²) in [5.74, 6) is -0.648. The van der Waals surface area contributed by atoms with Crippen LogP contribution in [-0.2, 0) is 9.53 Å². The van der Waals surface area contributed by atoms with Crippen LogP contribution in [-0.4, -0.2) is 30.4 Å². The lowest BCUT2D eigenvalue weighted by Gasteiger charge is -2.19. The Morgan fingerprint density at radius 2 is 1.92 bits per heavy atom. The summed E-state index contributed by atoms with van der Waals surface area (Å²) in [7, 11) is 0. The Kier molecular flexibility index (Phi) is 5.19. The van der Waals surface area contributed by atoms with Gasteiger partial charge >= 0.3 is 5.97 Å². The van der Waals surface area contributed by atoms with Crippen LogP contribution in [0.5, 0.6) is 5.75 Å². The minimum absolute atomic E-state index is 0.104. The lowest BCUT2D eigenvalue weighted by Crippen LogP contribution is -2.28. The van der Waals surface area contributed by atoms with Gasteiger partial charge in [-0.3, -0.25) is 0 Å². The highest BCUT2D eigenvalue weighted by molar-refractivity contribution is 6.05. The summed E-state index contributed by atoms with van der Waals surface area (Å²) in [6.45, 7) is 4.51. The Bertz CT molecular complexity index is 980. The number of halogens is 1. The molecule has 0 heterocycles. The number of esters is 1. The van der Waals surface area contributed by atoms with Gasteiger partial charge in [0.25, 0.3) is 0 Å². The van der Waals surface area contributed by atoms with Crippen molar-refractivity contribution >= 4 is 27.5 Å². The standard InChI is InChI=1S/C21H19FO4/c1-13(2)21(24)26-16(11-23)12-25-20-17-8-4-3-6-14(17)10-15-7-5-9-18(22)19(15)20/h3-10,16,23H,1,11-12H2,2H3. The molecule has 1 atom stereocenters. The van der Waals surface area contributed by atoms with Crippen molar-refractivity contribution in [3.8, 4) is 5.75 Å². The van der Waals surface area contributed by atoms with Gasteiger partial charge < -0.3 is 14.6 Å². The van der Waals surface area contributed by atoms with Gasteiger partial charge in [0, 0.05) is 11.0 Å². The maximum absolute atomic E-state index is 14.5. The van der Waals surface area contributed by atoms with Crippen LogP contribution >= 0.6 is 0 Å². The molecular weight excluding hydrogens is 335 g/mol. The number of aliphatic hydroxyl groups excluding tert-OH is 1. The van der Waals surface area contributed by atoms with Crippen LogP contribution in [0, 0.1) is 5.82 Å². The normalized spacial score (nSPS) is 12.1. The topological polar surface area (TPSA) is 55.8 Å². The maximum atomic E-state index is 14.5. The number of carbonyl (C=O) groups is 1. The predicted molar refractivity (Wildman–Crippen MR) is 98.7 cm³/mol. The Balaban J connectivity index is 1.99. The van der Waals surface area contributed by atoms with Crippen LogP contribution in [0.3, 0.4) is 0 Å². The van der Waals surface area contributed by atoms with E-state index in [1.165, 1.54) is 13.0 Å². The average molecular weight is 354 g/mol. The Morgan fingerprint density at radius 3 is 2.65 bits per heavy atom. The van der Waals surface area contributed by atoms with Crippen molar-refractivity contribution < 1.29 is 23.8 Å². The highest BCUT2D eigenvalue weighted by Crippen LogP contribution is 2.36. The van der Waals surface area contributed by atoms with Gasteiger partial charge in [-0.1, -0.05) is 43.0 Å². The molecule has 1 unspecified atom stereocenters. The molecule has 5 heteroatoms. The first kappa shape index (κ1) is 17.9. The van der Waals surface area contributed by atoms with E-state index in [-0.39, 0.29) is 12.2 Å². The molecule has 0 fully saturated rings. The quantitative estimate of drug-likeness (QED) is 0.413. The van der Waals surface area contributed by atoms with E-state index >= 15 is 0 Å². The van der Waals surface area contributed by atoms with Crippen molar-refractivity contribution in [2.75, 3.05) is 13.2 Å². The fourth-order valence-corrected chi connectivity index (χ4v) is 2.73. The fraction of sp³-hybridized carbons (Fsp3) is 0.190. The van der Waals surface area contributed by atoms with Crippen LogP contribution in [0.25, 0.3) is 21.5 Å². The van der Waals surface area contributed by atoms with Crippen LogP contribution in [0.15, 0.2) is 60.7 Å². The first-order valence-corrected chi connectivity index (χ1v) is 8.21. The maximum Gasteiger partial charge on any atom is 0.333 e. The second kappa shape index (κ2) is 7.54. The molecular formula is C21H19FO4. The van der Waals surface area contributed by atoms with Crippen molar-refractivity contribution in [3.63, 3.8) is 0 Å². The van der Waals surface area contributed by atoms with Gasteiger partial charge in [0.15, 0.2) is 6.10 Å². The summed E-state index contributed by atoms with van der Waals surface area (Å²) in [6.07, 6.45) is -0.875. The first-order valence-electron chi connectivity index (χ1n) is 8.21. The number of ether oxygens (including phenoxy) is 2. The molecule has 0 saturated carbocycles. The van der Waals surface area contributed by atoms with E-state index < -0.39 is 24.5 Å². The molecule has 3 aromatic carbocycles. The van der Waals surface area contributed by atoms with E-state index in [9.17, 15) is 14.3 Å².